The fourth-order valence-corrected chi connectivity index (χ4v) is 3.33. The van der Waals surface area contributed by atoms with Gasteiger partial charge in [0.15, 0.2) is 9.84 Å². The maximum absolute atomic E-state index is 13.0. The first-order chi connectivity index (χ1) is 10.8. The first-order valence-corrected chi connectivity index (χ1v) is 8.85. The van der Waals surface area contributed by atoms with Crippen molar-refractivity contribution in [2.75, 3.05) is 11.1 Å². The molecule has 1 N–H and O–H groups in total. The number of sulfone groups is 1. The predicted molar refractivity (Wildman–Crippen MR) is 87.9 cm³/mol. The molecule has 1 amide bonds. The first kappa shape index (κ1) is 17.4. The number of nitrogens with one attached hydrogen (secondary N) is 1. The highest BCUT2D eigenvalue weighted by molar-refractivity contribution is 7.91. The van der Waals surface area contributed by atoms with Crippen LogP contribution in [0.1, 0.15) is 12.0 Å². The lowest BCUT2D eigenvalue weighted by Gasteiger charge is -2.09. The van der Waals surface area contributed by atoms with Crippen LogP contribution in [0.5, 0.6) is 0 Å². The van der Waals surface area contributed by atoms with E-state index in [4.69, 9.17) is 11.6 Å². The molecule has 2 aromatic carbocycles. The summed E-state index contributed by atoms with van der Waals surface area (Å²) in [7, 11) is -3.56. The SMILES string of the molecule is Cc1cc(F)ccc1NC(=O)CCS(=O)(=O)c1ccc(Cl)cc1. The molecular weight excluding hydrogens is 341 g/mol. The van der Waals surface area contributed by atoms with Gasteiger partial charge in [0.2, 0.25) is 5.91 Å². The minimum atomic E-state index is -3.56. The zero-order valence-corrected chi connectivity index (χ0v) is 13.9. The van der Waals surface area contributed by atoms with Crippen LogP contribution in [-0.4, -0.2) is 20.1 Å². The summed E-state index contributed by atoms with van der Waals surface area (Å²) >= 11 is 5.72. The Bertz CT molecular complexity index is 820. The van der Waals surface area contributed by atoms with E-state index in [0.717, 1.165) is 0 Å². The van der Waals surface area contributed by atoms with E-state index in [-0.39, 0.29) is 17.1 Å². The highest BCUT2D eigenvalue weighted by Gasteiger charge is 2.16. The molecule has 2 aromatic rings. The third-order valence-electron chi connectivity index (χ3n) is 3.23. The van der Waals surface area contributed by atoms with Gasteiger partial charge < -0.3 is 5.32 Å². The van der Waals surface area contributed by atoms with Gasteiger partial charge >= 0.3 is 0 Å². The van der Waals surface area contributed by atoms with Crippen molar-refractivity contribution in [3.05, 3.63) is 58.9 Å². The number of benzene rings is 2. The van der Waals surface area contributed by atoms with Gasteiger partial charge in [-0.15, -0.1) is 0 Å². The van der Waals surface area contributed by atoms with E-state index in [0.29, 0.717) is 16.3 Å². The van der Waals surface area contributed by atoms with E-state index in [1.54, 1.807) is 6.92 Å². The lowest BCUT2D eigenvalue weighted by Crippen LogP contribution is -2.18. The number of hydrogen-bond acceptors (Lipinski definition) is 3. The van der Waals surface area contributed by atoms with Crippen molar-refractivity contribution in [3.8, 4) is 0 Å². The van der Waals surface area contributed by atoms with Crippen LogP contribution >= 0.6 is 11.6 Å². The molecule has 7 heteroatoms. The van der Waals surface area contributed by atoms with Gasteiger partial charge in [-0.2, -0.15) is 0 Å². The van der Waals surface area contributed by atoms with E-state index >= 15 is 0 Å². The lowest BCUT2D eigenvalue weighted by atomic mass is 10.2. The summed E-state index contributed by atoms with van der Waals surface area (Å²) in [4.78, 5) is 12.0. The summed E-state index contributed by atoms with van der Waals surface area (Å²) in [5.41, 5.74) is 1.03. The maximum Gasteiger partial charge on any atom is 0.225 e. The Labute approximate surface area is 139 Å². The van der Waals surface area contributed by atoms with Crippen LogP contribution in [0.15, 0.2) is 47.4 Å². The van der Waals surface area contributed by atoms with Gasteiger partial charge in [0.1, 0.15) is 5.82 Å². The monoisotopic (exact) mass is 355 g/mol. The molecule has 0 bridgehead atoms. The number of hydrogen-bond donors (Lipinski definition) is 1. The minimum Gasteiger partial charge on any atom is -0.326 e. The Kier molecular flexibility index (Phi) is 5.38. The molecule has 0 aliphatic rings. The van der Waals surface area contributed by atoms with Gasteiger partial charge in [0.25, 0.3) is 0 Å². The van der Waals surface area contributed by atoms with Crippen LogP contribution in [0.3, 0.4) is 0 Å². The zero-order valence-electron chi connectivity index (χ0n) is 12.3. The highest BCUT2D eigenvalue weighted by atomic mass is 35.5. The number of carbonyl (C=O) groups excluding carboxylic acids is 1. The largest absolute Gasteiger partial charge is 0.326 e. The number of carbonyl (C=O) groups is 1. The van der Waals surface area contributed by atoms with Gasteiger partial charge in [-0.1, -0.05) is 11.6 Å². The molecule has 0 aromatic heterocycles. The number of anilines is 1. The second kappa shape index (κ2) is 7.10. The molecule has 0 aliphatic carbocycles. The van der Waals surface area contributed by atoms with E-state index in [2.05, 4.69) is 5.32 Å². The van der Waals surface area contributed by atoms with Crippen molar-refractivity contribution in [1.82, 2.24) is 0 Å². The van der Waals surface area contributed by atoms with E-state index in [1.807, 2.05) is 0 Å². The van der Waals surface area contributed by atoms with Gasteiger partial charge in [-0.05, 0) is 55.0 Å². The quantitative estimate of drug-likeness (QED) is 0.891. The normalized spacial score (nSPS) is 11.3. The molecule has 23 heavy (non-hydrogen) atoms. The molecule has 4 nitrogen and oxygen atoms in total. The van der Waals surface area contributed by atoms with Crippen LogP contribution in [0.2, 0.25) is 5.02 Å². The summed E-state index contributed by atoms with van der Waals surface area (Å²) in [5, 5.41) is 3.02. The second-order valence-corrected chi connectivity index (χ2v) is 7.58. The minimum absolute atomic E-state index is 0.118. The molecular formula is C16H15ClFNO3S. The average molecular weight is 356 g/mol. The van der Waals surface area contributed by atoms with Gasteiger partial charge in [-0.25, -0.2) is 12.8 Å². The zero-order chi connectivity index (χ0) is 17.0. The first-order valence-electron chi connectivity index (χ1n) is 6.82. The molecule has 0 atom stereocenters. The number of aryl methyl sites for hydroxylation is 1. The van der Waals surface area contributed by atoms with Gasteiger partial charge in [0, 0.05) is 17.1 Å². The summed E-state index contributed by atoms with van der Waals surface area (Å²) in [6.07, 6.45) is -0.193. The fraction of sp³-hybridized carbons (Fsp3) is 0.188. The molecule has 0 spiro atoms. The van der Waals surface area contributed by atoms with Crippen LogP contribution in [0, 0.1) is 12.7 Å². The lowest BCUT2D eigenvalue weighted by molar-refractivity contribution is -0.115. The number of halogens is 2. The molecule has 0 saturated heterocycles. The summed E-state index contributed by atoms with van der Waals surface area (Å²) in [5.74, 6) is -1.16. The molecule has 0 unspecified atom stereocenters. The fourth-order valence-electron chi connectivity index (χ4n) is 1.97. The van der Waals surface area contributed by atoms with E-state index < -0.39 is 21.6 Å². The molecule has 0 heterocycles. The smallest absolute Gasteiger partial charge is 0.225 e. The molecule has 122 valence electrons. The van der Waals surface area contributed by atoms with E-state index in [1.165, 1.54) is 42.5 Å². The molecule has 0 fully saturated rings. The average Bonchev–Trinajstić information content (AvgIpc) is 2.49. The van der Waals surface area contributed by atoms with Crippen molar-refractivity contribution < 1.29 is 17.6 Å². The Morgan fingerprint density at radius 2 is 1.83 bits per heavy atom. The molecule has 0 radical (unpaired) electrons. The Balaban J connectivity index is 1.99. The van der Waals surface area contributed by atoms with Crippen molar-refractivity contribution in [2.45, 2.75) is 18.2 Å². The third-order valence-corrected chi connectivity index (χ3v) is 5.22. The maximum atomic E-state index is 13.0. The van der Waals surface area contributed by atoms with Crippen LogP contribution in [0.25, 0.3) is 0 Å². The number of amides is 1. The van der Waals surface area contributed by atoms with Crippen LogP contribution in [0.4, 0.5) is 10.1 Å². The number of rotatable bonds is 5. The van der Waals surface area contributed by atoms with E-state index in [9.17, 15) is 17.6 Å². The van der Waals surface area contributed by atoms with Crippen molar-refractivity contribution in [3.63, 3.8) is 0 Å². The van der Waals surface area contributed by atoms with Gasteiger partial charge in [-0.3, -0.25) is 4.79 Å². The third kappa shape index (κ3) is 4.77. The van der Waals surface area contributed by atoms with Gasteiger partial charge in [0.05, 0.1) is 10.6 Å². The Morgan fingerprint density at radius 3 is 2.43 bits per heavy atom. The predicted octanol–water partition coefficient (Wildman–Crippen LogP) is 3.59. The molecule has 0 saturated carbocycles. The van der Waals surface area contributed by atoms with Crippen molar-refractivity contribution >= 4 is 33.0 Å². The highest BCUT2D eigenvalue weighted by Crippen LogP contribution is 2.18. The topological polar surface area (TPSA) is 63.2 Å². The molecule has 0 aliphatic heterocycles. The van der Waals surface area contributed by atoms with Crippen molar-refractivity contribution in [1.29, 1.82) is 0 Å². The Hall–Kier alpha value is -1.92. The Morgan fingerprint density at radius 1 is 1.17 bits per heavy atom. The summed E-state index contributed by atoms with van der Waals surface area (Å²) < 4.78 is 37.3. The second-order valence-electron chi connectivity index (χ2n) is 5.03. The standard InChI is InChI=1S/C16H15ClFNO3S/c1-11-10-13(18)4-7-15(11)19-16(20)8-9-23(21,22)14-5-2-12(17)3-6-14/h2-7,10H,8-9H2,1H3,(H,19,20). The van der Waals surface area contributed by atoms with Crippen LogP contribution in [-0.2, 0) is 14.6 Å². The molecule has 2 rings (SSSR count). The summed E-state index contributed by atoms with van der Waals surface area (Å²) in [6, 6.07) is 9.73. The van der Waals surface area contributed by atoms with Crippen LogP contribution < -0.4 is 5.32 Å². The summed E-state index contributed by atoms with van der Waals surface area (Å²) in [6.45, 7) is 1.66. The van der Waals surface area contributed by atoms with Crippen molar-refractivity contribution in [2.24, 2.45) is 0 Å².